The smallest absolute Gasteiger partial charge is 0.344 e. The number of rotatable bonds is 9. The Morgan fingerprint density at radius 1 is 1.23 bits per heavy atom. The Kier molecular flexibility index (Phi) is 6.71. The van der Waals surface area contributed by atoms with Crippen molar-refractivity contribution in [2.24, 2.45) is 0 Å². The van der Waals surface area contributed by atoms with Gasteiger partial charge in [0.25, 0.3) is 0 Å². The Balaban J connectivity index is 2.10. The third-order valence-electron chi connectivity index (χ3n) is 3.83. The number of carbonyl (C=O) groups excluding carboxylic acids is 1. The second-order valence-electron chi connectivity index (χ2n) is 5.89. The number of benzene rings is 1. The summed E-state index contributed by atoms with van der Waals surface area (Å²) in [5, 5.41) is 11.7. The van der Waals surface area contributed by atoms with Gasteiger partial charge in [-0.25, -0.2) is 9.59 Å². The molecule has 0 spiro atoms. The lowest BCUT2D eigenvalue weighted by atomic mass is 10.1. The molecular weight excluding hydrogens is 342 g/mol. The molecule has 0 saturated heterocycles. The molecule has 1 aromatic heterocycles. The van der Waals surface area contributed by atoms with Gasteiger partial charge in [-0.15, -0.1) is 0 Å². The zero-order valence-electron chi connectivity index (χ0n) is 14.8. The molecule has 140 valence electrons. The fourth-order valence-electron chi connectivity index (χ4n) is 2.49. The van der Waals surface area contributed by atoms with Gasteiger partial charge in [-0.3, -0.25) is 10.1 Å². The van der Waals surface area contributed by atoms with Gasteiger partial charge >= 0.3 is 17.3 Å². The predicted molar refractivity (Wildman–Crippen MR) is 94.5 cm³/mol. The minimum absolute atomic E-state index is 0.154. The molecule has 26 heavy (non-hydrogen) atoms. The van der Waals surface area contributed by atoms with Crippen LogP contribution in [0.2, 0.25) is 0 Å². The summed E-state index contributed by atoms with van der Waals surface area (Å²) in [5.41, 5.74) is -0.174. The van der Waals surface area contributed by atoms with Gasteiger partial charge in [0.1, 0.15) is 5.58 Å². The van der Waals surface area contributed by atoms with Crippen LogP contribution in [0.5, 0.6) is 5.75 Å². The third kappa shape index (κ3) is 5.05. The Hall–Kier alpha value is -2.90. The van der Waals surface area contributed by atoms with E-state index in [1.54, 1.807) is 6.92 Å². The minimum atomic E-state index is -0.616. The van der Waals surface area contributed by atoms with Crippen LogP contribution < -0.4 is 10.4 Å². The molecule has 0 fully saturated rings. The number of ether oxygens (including phenoxy) is 2. The maximum Gasteiger partial charge on any atom is 0.344 e. The topological polar surface area (TPSA) is 109 Å². The molecule has 0 bridgehead atoms. The van der Waals surface area contributed by atoms with Gasteiger partial charge in [0.15, 0.2) is 6.61 Å². The fourth-order valence-corrected chi connectivity index (χ4v) is 2.49. The van der Waals surface area contributed by atoms with Crippen molar-refractivity contribution in [3.8, 4) is 5.75 Å². The van der Waals surface area contributed by atoms with Gasteiger partial charge in [0, 0.05) is 23.6 Å². The number of carbonyl (C=O) groups is 1. The Bertz CT molecular complexity index is 856. The van der Waals surface area contributed by atoms with Crippen LogP contribution in [0.25, 0.3) is 11.0 Å². The highest BCUT2D eigenvalue weighted by Gasteiger charge is 2.20. The molecule has 0 aliphatic carbocycles. The summed E-state index contributed by atoms with van der Waals surface area (Å²) in [6.45, 7) is 3.56. The molecule has 2 rings (SSSR count). The van der Waals surface area contributed by atoms with E-state index in [0.717, 1.165) is 25.7 Å². The van der Waals surface area contributed by atoms with Crippen LogP contribution >= 0.6 is 0 Å². The van der Waals surface area contributed by atoms with Gasteiger partial charge in [-0.2, -0.15) is 0 Å². The lowest BCUT2D eigenvalue weighted by Crippen LogP contribution is -2.16. The van der Waals surface area contributed by atoms with Crippen LogP contribution in [0.4, 0.5) is 5.69 Å². The van der Waals surface area contributed by atoms with Gasteiger partial charge in [0.05, 0.1) is 11.5 Å². The van der Waals surface area contributed by atoms with Gasteiger partial charge in [0.2, 0.25) is 5.75 Å². The quantitative estimate of drug-likeness (QED) is 0.220. The van der Waals surface area contributed by atoms with Crippen LogP contribution in [0, 0.1) is 17.0 Å². The molecule has 0 radical (unpaired) electrons. The SMILES string of the molecule is CCCCCCOC(=O)COc1cc2oc(=O)cc(C)c2cc1[N+](=O)[O-]. The first kappa shape index (κ1) is 19.4. The van der Waals surface area contributed by atoms with E-state index in [2.05, 4.69) is 6.92 Å². The second kappa shape index (κ2) is 8.98. The van der Waals surface area contributed by atoms with Gasteiger partial charge < -0.3 is 13.9 Å². The van der Waals surface area contributed by atoms with E-state index in [1.165, 1.54) is 18.2 Å². The molecule has 0 aliphatic heterocycles. The molecule has 0 atom stereocenters. The second-order valence-corrected chi connectivity index (χ2v) is 5.89. The maximum absolute atomic E-state index is 11.7. The van der Waals surface area contributed by atoms with Crippen molar-refractivity contribution in [1.82, 2.24) is 0 Å². The van der Waals surface area contributed by atoms with E-state index < -0.39 is 23.1 Å². The lowest BCUT2D eigenvalue weighted by molar-refractivity contribution is -0.385. The summed E-state index contributed by atoms with van der Waals surface area (Å²) in [5.74, 6) is -0.763. The van der Waals surface area contributed by atoms with Gasteiger partial charge in [-0.05, 0) is 18.9 Å². The van der Waals surface area contributed by atoms with Crippen molar-refractivity contribution in [2.45, 2.75) is 39.5 Å². The van der Waals surface area contributed by atoms with E-state index >= 15 is 0 Å². The summed E-state index contributed by atoms with van der Waals surface area (Å²) >= 11 is 0. The van der Waals surface area contributed by atoms with Crippen LogP contribution in [-0.2, 0) is 9.53 Å². The number of esters is 1. The summed E-state index contributed by atoms with van der Waals surface area (Å²) in [6.07, 6.45) is 3.89. The van der Waals surface area contributed by atoms with E-state index in [4.69, 9.17) is 13.9 Å². The number of nitro benzene ring substituents is 1. The molecular formula is C18H21NO7. The molecule has 0 amide bonds. The minimum Gasteiger partial charge on any atom is -0.475 e. The summed E-state index contributed by atoms with van der Waals surface area (Å²) in [6, 6.07) is 3.76. The lowest BCUT2D eigenvalue weighted by Gasteiger charge is -2.09. The van der Waals surface area contributed by atoms with E-state index in [-0.39, 0.29) is 23.6 Å². The number of fused-ring (bicyclic) bond motifs is 1. The molecule has 1 heterocycles. The molecule has 0 saturated carbocycles. The van der Waals surface area contributed by atoms with Crippen LogP contribution in [0.3, 0.4) is 0 Å². The fraction of sp³-hybridized carbons (Fsp3) is 0.444. The average Bonchev–Trinajstić information content (AvgIpc) is 2.58. The summed E-state index contributed by atoms with van der Waals surface area (Å²) in [7, 11) is 0. The zero-order chi connectivity index (χ0) is 19.1. The number of aryl methyl sites for hydroxylation is 1. The first-order valence-electron chi connectivity index (χ1n) is 8.43. The normalized spacial score (nSPS) is 10.7. The van der Waals surface area contributed by atoms with Crippen LogP contribution in [-0.4, -0.2) is 24.1 Å². The number of nitrogens with zero attached hydrogens (tertiary/aromatic N) is 1. The van der Waals surface area contributed by atoms with Crippen molar-refractivity contribution >= 4 is 22.6 Å². The van der Waals surface area contributed by atoms with Crippen molar-refractivity contribution in [2.75, 3.05) is 13.2 Å². The standard InChI is InChI=1S/C18H21NO7/c1-3-4-5-6-7-24-18(21)11-25-16-10-15-13(9-14(16)19(22)23)12(2)8-17(20)26-15/h8-10H,3-7,11H2,1-2H3. The van der Waals surface area contributed by atoms with Crippen LogP contribution in [0.15, 0.2) is 27.4 Å². The first-order chi connectivity index (χ1) is 12.4. The van der Waals surface area contributed by atoms with Crippen molar-refractivity contribution in [3.05, 3.63) is 44.3 Å². The highest BCUT2D eigenvalue weighted by molar-refractivity contribution is 5.85. The number of nitro groups is 1. The molecule has 0 aliphatic rings. The molecule has 0 N–H and O–H groups in total. The largest absolute Gasteiger partial charge is 0.475 e. The first-order valence-corrected chi connectivity index (χ1v) is 8.43. The van der Waals surface area contributed by atoms with Crippen molar-refractivity contribution in [1.29, 1.82) is 0 Å². The monoisotopic (exact) mass is 363 g/mol. The van der Waals surface area contributed by atoms with E-state index in [1.807, 2.05) is 0 Å². The number of hydrogen-bond donors (Lipinski definition) is 0. The Labute approximate surface area is 149 Å². The highest BCUT2D eigenvalue weighted by atomic mass is 16.6. The zero-order valence-corrected chi connectivity index (χ0v) is 14.8. The van der Waals surface area contributed by atoms with E-state index in [9.17, 15) is 19.7 Å². The van der Waals surface area contributed by atoms with Crippen LogP contribution in [0.1, 0.15) is 38.2 Å². The molecule has 0 unspecified atom stereocenters. The Morgan fingerprint density at radius 3 is 2.69 bits per heavy atom. The average molecular weight is 363 g/mol. The number of hydrogen-bond acceptors (Lipinski definition) is 7. The summed E-state index contributed by atoms with van der Waals surface area (Å²) in [4.78, 5) is 33.9. The number of unbranched alkanes of at least 4 members (excludes halogenated alkanes) is 3. The van der Waals surface area contributed by atoms with Crippen molar-refractivity contribution in [3.63, 3.8) is 0 Å². The molecule has 1 aromatic carbocycles. The molecule has 8 nitrogen and oxygen atoms in total. The Morgan fingerprint density at radius 2 is 2.00 bits per heavy atom. The van der Waals surface area contributed by atoms with E-state index in [0.29, 0.717) is 10.9 Å². The maximum atomic E-state index is 11.7. The van der Waals surface area contributed by atoms with Gasteiger partial charge in [-0.1, -0.05) is 26.2 Å². The third-order valence-corrected chi connectivity index (χ3v) is 3.83. The molecule has 8 heteroatoms. The highest BCUT2D eigenvalue weighted by Crippen LogP contribution is 2.33. The predicted octanol–water partition coefficient (Wildman–Crippen LogP) is 3.51. The molecule has 2 aromatic rings. The van der Waals surface area contributed by atoms with Crippen molar-refractivity contribution < 1.29 is 23.6 Å². The summed E-state index contributed by atoms with van der Waals surface area (Å²) < 4.78 is 15.3.